The molecule has 3 nitrogen and oxygen atoms in total. The second kappa shape index (κ2) is 6.92. The molecule has 20 heavy (non-hydrogen) atoms. The molecule has 1 N–H and O–H groups in total. The molecule has 1 unspecified atom stereocenters. The molecule has 2 heterocycles. The van der Waals surface area contributed by atoms with Crippen LogP contribution in [0.5, 0.6) is 0 Å². The Morgan fingerprint density at radius 3 is 2.85 bits per heavy atom. The molecule has 2 saturated heterocycles. The van der Waals surface area contributed by atoms with E-state index < -0.39 is 0 Å². The summed E-state index contributed by atoms with van der Waals surface area (Å²) in [4.78, 5) is 5.30. The zero-order valence-electron chi connectivity index (χ0n) is 12.0. The van der Waals surface area contributed by atoms with Crippen LogP contribution in [0.4, 0.5) is 5.69 Å². The molecule has 0 amide bonds. The average Bonchev–Trinajstić information content (AvgIpc) is 3.09. The summed E-state index contributed by atoms with van der Waals surface area (Å²) in [5.41, 5.74) is 1.20. The molecule has 1 atom stereocenters. The number of rotatable bonds is 5. The summed E-state index contributed by atoms with van der Waals surface area (Å²) >= 11 is 3.51. The Morgan fingerprint density at radius 2 is 2.05 bits per heavy atom. The SMILES string of the molecule is Brc1cccc(NCCN2CCC(N3CCCC3)C2)c1. The van der Waals surface area contributed by atoms with Crippen LogP contribution >= 0.6 is 15.9 Å². The normalized spacial score (nSPS) is 24.4. The van der Waals surface area contributed by atoms with Crippen LogP contribution in [0, 0.1) is 0 Å². The minimum atomic E-state index is 0.823. The maximum Gasteiger partial charge on any atom is 0.0351 e. The summed E-state index contributed by atoms with van der Waals surface area (Å²) in [7, 11) is 0. The van der Waals surface area contributed by atoms with E-state index in [0.29, 0.717) is 0 Å². The lowest BCUT2D eigenvalue weighted by atomic mass is 10.2. The van der Waals surface area contributed by atoms with Gasteiger partial charge in [0.25, 0.3) is 0 Å². The van der Waals surface area contributed by atoms with Gasteiger partial charge in [0.1, 0.15) is 0 Å². The van der Waals surface area contributed by atoms with Crippen molar-refractivity contribution in [1.29, 1.82) is 0 Å². The quantitative estimate of drug-likeness (QED) is 0.890. The fourth-order valence-corrected chi connectivity index (χ4v) is 3.78. The molecule has 3 rings (SSSR count). The minimum absolute atomic E-state index is 0.823. The van der Waals surface area contributed by atoms with E-state index in [-0.39, 0.29) is 0 Å². The average molecular weight is 338 g/mol. The summed E-state index contributed by atoms with van der Waals surface area (Å²) in [6.45, 7) is 7.37. The van der Waals surface area contributed by atoms with Crippen molar-refractivity contribution in [2.24, 2.45) is 0 Å². The first-order valence-corrected chi connectivity index (χ1v) is 8.56. The lowest BCUT2D eigenvalue weighted by Gasteiger charge is -2.23. The Balaban J connectivity index is 1.39. The predicted molar refractivity (Wildman–Crippen MR) is 88.3 cm³/mol. The number of likely N-dealkylation sites (tertiary alicyclic amines) is 2. The summed E-state index contributed by atoms with van der Waals surface area (Å²) in [5.74, 6) is 0. The van der Waals surface area contributed by atoms with Crippen molar-refractivity contribution in [3.63, 3.8) is 0 Å². The first-order chi connectivity index (χ1) is 9.81. The number of benzene rings is 1. The molecule has 2 aliphatic rings. The standard InChI is InChI=1S/C16H24BrN3/c17-14-4-3-5-15(12-14)18-7-11-19-10-6-16(13-19)20-8-1-2-9-20/h3-5,12,16,18H,1-2,6-11,13H2. The first kappa shape index (κ1) is 14.4. The number of hydrogen-bond donors (Lipinski definition) is 1. The van der Waals surface area contributed by atoms with Gasteiger partial charge >= 0.3 is 0 Å². The molecular formula is C16H24BrN3. The van der Waals surface area contributed by atoms with Gasteiger partial charge in [0, 0.05) is 35.8 Å². The fraction of sp³-hybridized carbons (Fsp3) is 0.625. The van der Waals surface area contributed by atoms with Gasteiger partial charge in [0.05, 0.1) is 0 Å². The molecule has 0 spiro atoms. The highest BCUT2D eigenvalue weighted by Gasteiger charge is 2.28. The molecule has 1 aromatic carbocycles. The van der Waals surface area contributed by atoms with Crippen LogP contribution in [0.1, 0.15) is 19.3 Å². The summed E-state index contributed by atoms with van der Waals surface area (Å²) in [5, 5.41) is 3.51. The Labute approximate surface area is 130 Å². The maximum absolute atomic E-state index is 3.51. The molecule has 0 aliphatic carbocycles. The Hall–Kier alpha value is -0.580. The van der Waals surface area contributed by atoms with Gasteiger partial charge in [0.15, 0.2) is 0 Å². The number of halogens is 1. The Bertz CT molecular complexity index is 431. The van der Waals surface area contributed by atoms with E-state index in [9.17, 15) is 0 Å². The van der Waals surface area contributed by atoms with Gasteiger partial charge in [-0.2, -0.15) is 0 Å². The molecule has 0 saturated carbocycles. The van der Waals surface area contributed by atoms with Crippen LogP contribution in [0.2, 0.25) is 0 Å². The lowest BCUT2D eigenvalue weighted by molar-refractivity contribution is 0.234. The van der Waals surface area contributed by atoms with E-state index in [4.69, 9.17) is 0 Å². The Morgan fingerprint density at radius 1 is 1.20 bits per heavy atom. The third-order valence-corrected chi connectivity index (χ3v) is 4.98. The zero-order chi connectivity index (χ0) is 13.8. The third kappa shape index (κ3) is 3.74. The second-order valence-electron chi connectivity index (χ2n) is 5.92. The smallest absolute Gasteiger partial charge is 0.0351 e. The van der Waals surface area contributed by atoms with Crippen molar-refractivity contribution in [2.45, 2.75) is 25.3 Å². The second-order valence-corrected chi connectivity index (χ2v) is 6.84. The molecular weight excluding hydrogens is 314 g/mol. The molecule has 4 heteroatoms. The van der Waals surface area contributed by atoms with E-state index in [0.717, 1.165) is 23.6 Å². The van der Waals surface area contributed by atoms with E-state index in [1.165, 1.54) is 51.1 Å². The van der Waals surface area contributed by atoms with Crippen molar-refractivity contribution in [2.75, 3.05) is 44.6 Å². The third-order valence-electron chi connectivity index (χ3n) is 4.49. The topological polar surface area (TPSA) is 18.5 Å². The fourth-order valence-electron chi connectivity index (χ4n) is 3.38. The van der Waals surface area contributed by atoms with Crippen LogP contribution < -0.4 is 5.32 Å². The highest BCUT2D eigenvalue weighted by atomic mass is 79.9. The largest absolute Gasteiger partial charge is 0.384 e. The van der Waals surface area contributed by atoms with Gasteiger partial charge in [-0.25, -0.2) is 0 Å². The Kier molecular flexibility index (Phi) is 4.97. The molecule has 0 radical (unpaired) electrons. The predicted octanol–water partition coefficient (Wildman–Crippen LogP) is 3.03. The number of nitrogens with zero attached hydrogens (tertiary/aromatic N) is 2. The summed E-state index contributed by atoms with van der Waals surface area (Å²) in [6, 6.07) is 9.22. The number of nitrogens with one attached hydrogen (secondary N) is 1. The maximum atomic E-state index is 3.51. The summed E-state index contributed by atoms with van der Waals surface area (Å²) < 4.78 is 1.14. The van der Waals surface area contributed by atoms with Gasteiger partial charge < -0.3 is 5.32 Å². The van der Waals surface area contributed by atoms with E-state index in [2.05, 4.69) is 55.3 Å². The van der Waals surface area contributed by atoms with Gasteiger partial charge in [0.2, 0.25) is 0 Å². The molecule has 2 aliphatic heterocycles. The highest BCUT2D eigenvalue weighted by Crippen LogP contribution is 2.20. The lowest BCUT2D eigenvalue weighted by Crippen LogP contribution is -2.36. The molecule has 2 fully saturated rings. The van der Waals surface area contributed by atoms with E-state index >= 15 is 0 Å². The van der Waals surface area contributed by atoms with Crippen LogP contribution in [-0.4, -0.2) is 55.1 Å². The molecule has 0 bridgehead atoms. The van der Waals surface area contributed by atoms with Crippen LogP contribution in [0.3, 0.4) is 0 Å². The van der Waals surface area contributed by atoms with Gasteiger partial charge in [-0.05, 0) is 57.1 Å². The van der Waals surface area contributed by atoms with Crippen molar-refractivity contribution in [3.05, 3.63) is 28.7 Å². The monoisotopic (exact) mass is 337 g/mol. The minimum Gasteiger partial charge on any atom is -0.384 e. The van der Waals surface area contributed by atoms with Crippen molar-refractivity contribution in [3.8, 4) is 0 Å². The number of anilines is 1. The van der Waals surface area contributed by atoms with Crippen molar-refractivity contribution < 1.29 is 0 Å². The molecule has 110 valence electrons. The van der Waals surface area contributed by atoms with E-state index in [1.54, 1.807) is 0 Å². The first-order valence-electron chi connectivity index (χ1n) is 7.77. The summed E-state index contributed by atoms with van der Waals surface area (Å²) in [6.07, 6.45) is 4.17. The van der Waals surface area contributed by atoms with Gasteiger partial charge in [-0.1, -0.05) is 22.0 Å². The van der Waals surface area contributed by atoms with Crippen LogP contribution in [-0.2, 0) is 0 Å². The number of hydrogen-bond acceptors (Lipinski definition) is 3. The van der Waals surface area contributed by atoms with Gasteiger partial charge in [-0.15, -0.1) is 0 Å². The zero-order valence-corrected chi connectivity index (χ0v) is 13.6. The van der Waals surface area contributed by atoms with Crippen molar-refractivity contribution >= 4 is 21.6 Å². The van der Waals surface area contributed by atoms with Crippen molar-refractivity contribution in [1.82, 2.24) is 9.80 Å². The molecule has 1 aromatic rings. The van der Waals surface area contributed by atoms with Crippen LogP contribution in [0.25, 0.3) is 0 Å². The highest BCUT2D eigenvalue weighted by molar-refractivity contribution is 9.10. The van der Waals surface area contributed by atoms with Gasteiger partial charge in [-0.3, -0.25) is 9.80 Å². The van der Waals surface area contributed by atoms with Crippen LogP contribution in [0.15, 0.2) is 28.7 Å². The van der Waals surface area contributed by atoms with E-state index in [1.807, 2.05) is 0 Å². The molecule has 0 aromatic heterocycles.